The summed E-state index contributed by atoms with van der Waals surface area (Å²) in [7, 11) is 0. The Bertz CT molecular complexity index is 716. The highest BCUT2D eigenvalue weighted by Crippen LogP contribution is 2.39. The summed E-state index contributed by atoms with van der Waals surface area (Å²) in [5.74, 6) is 0.605. The molecule has 10 heteroatoms. The van der Waals surface area contributed by atoms with Crippen LogP contribution in [0.3, 0.4) is 0 Å². The number of carbonyl (C=O) groups is 3. The number of imide groups is 1. The van der Waals surface area contributed by atoms with Crippen molar-refractivity contribution in [2.24, 2.45) is 0 Å². The molecule has 1 saturated carbocycles. The molecule has 0 spiro atoms. The third-order valence-corrected chi connectivity index (χ3v) is 5.51. The molecule has 136 valence electrons. The van der Waals surface area contributed by atoms with E-state index in [0.29, 0.717) is 17.5 Å². The lowest BCUT2D eigenvalue weighted by atomic mass is 10.00. The van der Waals surface area contributed by atoms with Crippen molar-refractivity contribution in [3.05, 3.63) is 5.82 Å². The SMILES string of the molecule is CCn1c(SCC(=O)NN2C(=O)N[C@](C)(CC)C2=O)nnc1C1CC1. The molecule has 1 aromatic rings. The number of rotatable bonds is 7. The number of hydrogen-bond donors (Lipinski definition) is 2. The molecular formula is C15H22N6O3S. The fourth-order valence-electron chi connectivity index (χ4n) is 2.66. The summed E-state index contributed by atoms with van der Waals surface area (Å²) in [6.07, 6.45) is 2.71. The first-order chi connectivity index (χ1) is 11.9. The summed E-state index contributed by atoms with van der Waals surface area (Å²) >= 11 is 1.24. The average molecular weight is 366 g/mol. The molecule has 1 atom stereocenters. The van der Waals surface area contributed by atoms with Crippen molar-refractivity contribution in [2.45, 2.75) is 63.2 Å². The van der Waals surface area contributed by atoms with E-state index >= 15 is 0 Å². The van der Waals surface area contributed by atoms with E-state index in [9.17, 15) is 14.4 Å². The molecule has 2 N–H and O–H groups in total. The quantitative estimate of drug-likeness (QED) is 0.551. The van der Waals surface area contributed by atoms with E-state index in [4.69, 9.17) is 0 Å². The van der Waals surface area contributed by atoms with Gasteiger partial charge in [-0.25, -0.2) is 4.79 Å². The third kappa shape index (κ3) is 3.35. The van der Waals surface area contributed by atoms with Crippen LogP contribution in [0.4, 0.5) is 4.79 Å². The Morgan fingerprint density at radius 1 is 1.36 bits per heavy atom. The van der Waals surface area contributed by atoms with Crippen molar-refractivity contribution in [2.75, 3.05) is 5.75 Å². The van der Waals surface area contributed by atoms with Crippen LogP contribution in [0, 0.1) is 0 Å². The van der Waals surface area contributed by atoms with Crippen LogP contribution in [0.15, 0.2) is 5.16 Å². The molecule has 1 aliphatic carbocycles. The number of carbonyl (C=O) groups excluding carboxylic acids is 3. The van der Waals surface area contributed by atoms with Crippen LogP contribution in [0.25, 0.3) is 0 Å². The lowest BCUT2D eigenvalue weighted by molar-refractivity contribution is -0.137. The average Bonchev–Trinajstić information content (AvgIpc) is 3.32. The van der Waals surface area contributed by atoms with Gasteiger partial charge < -0.3 is 9.88 Å². The van der Waals surface area contributed by atoms with Crippen molar-refractivity contribution in [1.82, 2.24) is 30.5 Å². The Morgan fingerprint density at radius 3 is 2.64 bits per heavy atom. The van der Waals surface area contributed by atoms with Crippen molar-refractivity contribution in [3.8, 4) is 0 Å². The number of hydrogen-bond acceptors (Lipinski definition) is 6. The van der Waals surface area contributed by atoms with Crippen LogP contribution in [0.1, 0.15) is 51.8 Å². The molecule has 1 aliphatic heterocycles. The van der Waals surface area contributed by atoms with Gasteiger partial charge in [-0.2, -0.15) is 5.01 Å². The number of nitrogens with one attached hydrogen (secondary N) is 2. The van der Waals surface area contributed by atoms with E-state index in [1.807, 2.05) is 11.5 Å². The van der Waals surface area contributed by atoms with Crippen molar-refractivity contribution >= 4 is 29.6 Å². The molecule has 2 fully saturated rings. The molecule has 2 heterocycles. The smallest absolute Gasteiger partial charge is 0.322 e. The highest BCUT2D eigenvalue weighted by molar-refractivity contribution is 7.99. The topological polar surface area (TPSA) is 109 Å². The Kier molecular flexibility index (Phi) is 4.72. The van der Waals surface area contributed by atoms with Gasteiger partial charge >= 0.3 is 6.03 Å². The number of amides is 4. The van der Waals surface area contributed by atoms with Crippen molar-refractivity contribution < 1.29 is 14.4 Å². The van der Waals surface area contributed by atoms with Crippen LogP contribution in [0.5, 0.6) is 0 Å². The molecule has 0 radical (unpaired) electrons. The van der Waals surface area contributed by atoms with Gasteiger partial charge in [0, 0.05) is 12.5 Å². The summed E-state index contributed by atoms with van der Waals surface area (Å²) in [6.45, 7) is 6.19. The maximum atomic E-state index is 12.3. The van der Waals surface area contributed by atoms with Gasteiger partial charge in [-0.15, -0.1) is 10.2 Å². The Labute approximate surface area is 149 Å². The van der Waals surface area contributed by atoms with E-state index in [2.05, 4.69) is 20.9 Å². The van der Waals surface area contributed by atoms with E-state index in [1.165, 1.54) is 11.8 Å². The van der Waals surface area contributed by atoms with Gasteiger partial charge in [0.1, 0.15) is 11.4 Å². The number of thioether (sulfide) groups is 1. The first kappa shape index (κ1) is 17.7. The molecule has 1 aromatic heterocycles. The highest BCUT2D eigenvalue weighted by atomic mass is 32.2. The predicted molar refractivity (Wildman–Crippen MR) is 90.6 cm³/mol. The largest absolute Gasteiger partial charge is 0.344 e. The van der Waals surface area contributed by atoms with E-state index in [1.54, 1.807) is 13.8 Å². The molecule has 3 rings (SSSR count). The summed E-state index contributed by atoms with van der Waals surface area (Å²) in [4.78, 5) is 36.3. The van der Waals surface area contributed by atoms with Crippen LogP contribution in [-0.4, -0.2) is 48.9 Å². The number of nitrogens with zero attached hydrogens (tertiary/aromatic N) is 4. The minimum Gasteiger partial charge on any atom is -0.322 e. The highest BCUT2D eigenvalue weighted by Gasteiger charge is 2.47. The van der Waals surface area contributed by atoms with Crippen LogP contribution in [0.2, 0.25) is 0 Å². The molecule has 0 unspecified atom stereocenters. The lowest BCUT2D eigenvalue weighted by Crippen LogP contribution is -2.49. The van der Waals surface area contributed by atoms with E-state index in [-0.39, 0.29) is 5.75 Å². The molecule has 2 aliphatic rings. The molecule has 1 saturated heterocycles. The van der Waals surface area contributed by atoms with Gasteiger partial charge in [-0.3, -0.25) is 15.0 Å². The van der Waals surface area contributed by atoms with Gasteiger partial charge in [0.15, 0.2) is 5.16 Å². The number of aromatic nitrogens is 3. The second-order valence-corrected chi connectivity index (χ2v) is 7.38. The molecule has 0 bridgehead atoms. The van der Waals surface area contributed by atoms with Gasteiger partial charge in [0.05, 0.1) is 5.75 Å². The molecular weight excluding hydrogens is 344 g/mol. The molecule has 4 amide bonds. The van der Waals surface area contributed by atoms with E-state index in [0.717, 1.165) is 30.2 Å². The fraction of sp³-hybridized carbons (Fsp3) is 0.667. The van der Waals surface area contributed by atoms with Gasteiger partial charge in [0.25, 0.3) is 5.91 Å². The van der Waals surface area contributed by atoms with Crippen molar-refractivity contribution in [3.63, 3.8) is 0 Å². The monoisotopic (exact) mass is 366 g/mol. The summed E-state index contributed by atoms with van der Waals surface area (Å²) in [6, 6.07) is -0.611. The zero-order valence-electron chi connectivity index (χ0n) is 14.5. The van der Waals surface area contributed by atoms with Gasteiger partial charge in [0.2, 0.25) is 5.91 Å². The summed E-state index contributed by atoms with van der Waals surface area (Å²) < 4.78 is 2.01. The first-order valence-corrected chi connectivity index (χ1v) is 9.40. The summed E-state index contributed by atoms with van der Waals surface area (Å²) in [5, 5.41) is 12.4. The standard InChI is InChI=1S/C15H22N6O3S/c1-4-15(3)12(23)21(13(24)16-15)19-10(22)8-25-14-18-17-11(9-6-7-9)20(14)5-2/h9H,4-8H2,1-3H3,(H,16,24)(H,19,22)/t15-/m1/s1. The molecule has 9 nitrogen and oxygen atoms in total. The molecule has 25 heavy (non-hydrogen) atoms. The zero-order valence-corrected chi connectivity index (χ0v) is 15.4. The van der Waals surface area contributed by atoms with Crippen molar-refractivity contribution in [1.29, 1.82) is 0 Å². The second kappa shape index (κ2) is 6.66. The second-order valence-electron chi connectivity index (χ2n) is 6.44. The third-order valence-electron chi connectivity index (χ3n) is 4.54. The van der Waals surface area contributed by atoms with Gasteiger partial charge in [-0.1, -0.05) is 18.7 Å². The molecule has 0 aromatic carbocycles. The van der Waals surface area contributed by atoms with Gasteiger partial charge in [-0.05, 0) is 33.1 Å². The minimum atomic E-state index is -0.973. The van der Waals surface area contributed by atoms with Crippen LogP contribution in [-0.2, 0) is 16.1 Å². The van der Waals surface area contributed by atoms with Crippen LogP contribution >= 0.6 is 11.8 Å². The van der Waals surface area contributed by atoms with Crippen LogP contribution < -0.4 is 10.7 Å². The predicted octanol–water partition coefficient (Wildman–Crippen LogP) is 1.02. The first-order valence-electron chi connectivity index (χ1n) is 8.41. The fourth-order valence-corrected chi connectivity index (χ4v) is 3.46. The number of hydrazine groups is 1. The maximum Gasteiger partial charge on any atom is 0.344 e. The van der Waals surface area contributed by atoms with E-state index < -0.39 is 23.4 Å². The lowest BCUT2D eigenvalue weighted by Gasteiger charge is -2.19. The Balaban J connectivity index is 1.59. The Morgan fingerprint density at radius 2 is 2.08 bits per heavy atom. The zero-order chi connectivity index (χ0) is 18.2. The number of urea groups is 1. The Hall–Kier alpha value is -2.10. The maximum absolute atomic E-state index is 12.3. The minimum absolute atomic E-state index is 0.0443. The summed E-state index contributed by atoms with van der Waals surface area (Å²) in [5.41, 5.74) is 1.40. The normalized spacial score (nSPS) is 23.1.